The van der Waals surface area contributed by atoms with Crippen LogP contribution in [0.25, 0.3) is 11.3 Å². The van der Waals surface area contributed by atoms with Gasteiger partial charge in [0.2, 0.25) is 5.91 Å². The third kappa shape index (κ3) is 4.68. The summed E-state index contributed by atoms with van der Waals surface area (Å²) >= 11 is 2.77. The molecule has 0 aliphatic carbocycles. The lowest BCUT2D eigenvalue weighted by Crippen LogP contribution is -2.51. The first-order valence-electron chi connectivity index (χ1n) is 9.14. The van der Waals surface area contributed by atoms with Crippen LogP contribution in [0.3, 0.4) is 0 Å². The second-order valence-corrected chi connectivity index (χ2v) is 8.46. The zero-order valence-electron chi connectivity index (χ0n) is 15.5. The van der Waals surface area contributed by atoms with Crippen molar-refractivity contribution in [2.75, 3.05) is 31.9 Å². The topological polar surface area (TPSA) is 69.3 Å². The lowest BCUT2D eigenvalue weighted by atomic mass is 10.2. The standard InChI is InChI=1S/C20H19FN4O2S2/c21-15-5-3-14(4-6-15)16-12-22-20(23-16)29-13-18(26)24-7-9-25(10-8-24)19(27)17-2-1-11-28-17/h1-6,11-12H,7-10,13H2,(H,22,23). The number of thiophene rings is 1. The number of rotatable bonds is 5. The number of halogens is 1. The maximum atomic E-state index is 13.0. The molecule has 2 amide bonds. The number of aromatic nitrogens is 2. The largest absolute Gasteiger partial charge is 0.338 e. The Morgan fingerprint density at radius 2 is 1.83 bits per heavy atom. The molecule has 2 aromatic heterocycles. The van der Waals surface area contributed by atoms with E-state index in [2.05, 4.69) is 9.97 Å². The van der Waals surface area contributed by atoms with E-state index in [1.54, 1.807) is 28.1 Å². The van der Waals surface area contributed by atoms with Gasteiger partial charge in [-0.2, -0.15) is 0 Å². The Hall–Kier alpha value is -2.65. The molecule has 0 radical (unpaired) electrons. The fraction of sp³-hybridized carbons (Fsp3) is 0.250. The molecule has 0 unspecified atom stereocenters. The predicted molar refractivity (Wildman–Crippen MR) is 112 cm³/mol. The predicted octanol–water partition coefficient (Wildman–Crippen LogP) is 3.35. The SMILES string of the molecule is O=C(CSc1ncc(-c2ccc(F)cc2)[nH]1)N1CCN(C(=O)c2cccs2)CC1. The molecule has 0 saturated carbocycles. The second kappa shape index (κ2) is 8.79. The lowest BCUT2D eigenvalue weighted by molar-refractivity contribution is -0.129. The van der Waals surface area contributed by atoms with Crippen molar-refractivity contribution in [2.24, 2.45) is 0 Å². The van der Waals surface area contributed by atoms with E-state index in [0.29, 0.717) is 31.3 Å². The Morgan fingerprint density at radius 1 is 1.10 bits per heavy atom. The minimum Gasteiger partial charge on any atom is -0.338 e. The van der Waals surface area contributed by atoms with Crippen molar-refractivity contribution < 1.29 is 14.0 Å². The molecule has 0 atom stereocenters. The molecule has 1 aromatic carbocycles. The summed E-state index contributed by atoms with van der Waals surface area (Å²) in [6, 6.07) is 9.85. The molecule has 0 spiro atoms. The van der Waals surface area contributed by atoms with Crippen molar-refractivity contribution >= 4 is 34.9 Å². The average Bonchev–Trinajstić information content (AvgIpc) is 3.44. The van der Waals surface area contributed by atoms with Crippen LogP contribution >= 0.6 is 23.1 Å². The summed E-state index contributed by atoms with van der Waals surface area (Å²) in [5.41, 5.74) is 1.62. The number of hydrogen-bond acceptors (Lipinski definition) is 5. The number of amides is 2. The van der Waals surface area contributed by atoms with Crippen molar-refractivity contribution in [3.8, 4) is 11.3 Å². The van der Waals surface area contributed by atoms with Crippen molar-refractivity contribution in [3.05, 3.63) is 58.7 Å². The van der Waals surface area contributed by atoms with Gasteiger partial charge in [0, 0.05) is 26.2 Å². The summed E-state index contributed by atoms with van der Waals surface area (Å²) in [6.07, 6.45) is 1.68. The fourth-order valence-electron chi connectivity index (χ4n) is 3.09. The lowest BCUT2D eigenvalue weighted by Gasteiger charge is -2.34. The van der Waals surface area contributed by atoms with Crippen LogP contribution in [-0.2, 0) is 4.79 Å². The van der Waals surface area contributed by atoms with Gasteiger partial charge in [-0.15, -0.1) is 11.3 Å². The Morgan fingerprint density at radius 3 is 2.52 bits per heavy atom. The number of thioether (sulfide) groups is 1. The van der Waals surface area contributed by atoms with Gasteiger partial charge in [0.25, 0.3) is 5.91 Å². The molecule has 1 N–H and O–H groups in total. The monoisotopic (exact) mass is 430 g/mol. The molecule has 0 bridgehead atoms. The average molecular weight is 431 g/mol. The normalized spacial score (nSPS) is 14.2. The van der Waals surface area contributed by atoms with Gasteiger partial charge in [0.1, 0.15) is 5.82 Å². The summed E-state index contributed by atoms with van der Waals surface area (Å²) in [6.45, 7) is 2.16. The van der Waals surface area contributed by atoms with Crippen LogP contribution in [0.1, 0.15) is 9.67 Å². The van der Waals surface area contributed by atoms with Crippen molar-refractivity contribution in [3.63, 3.8) is 0 Å². The van der Waals surface area contributed by atoms with E-state index < -0.39 is 0 Å². The minimum atomic E-state index is -0.286. The molecule has 4 rings (SSSR count). The Bertz CT molecular complexity index is 980. The maximum absolute atomic E-state index is 13.0. The number of carbonyl (C=O) groups excluding carboxylic acids is 2. The van der Waals surface area contributed by atoms with E-state index in [4.69, 9.17) is 0 Å². The van der Waals surface area contributed by atoms with E-state index in [0.717, 1.165) is 16.1 Å². The number of aromatic amines is 1. The number of carbonyl (C=O) groups is 2. The van der Waals surface area contributed by atoms with Gasteiger partial charge >= 0.3 is 0 Å². The highest BCUT2D eigenvalue weighted by Crippen LogP contribution is 2.22. The molecule has 3 heterocycles. The molecule has 1 aliphatic rings. The number of nitrogens with one attached hydrogen (secondary N) is 1. The third-order valence-electron chi connectivity index (χ3n) is 4.69. The van der Waals surface area contributed by atoms with Crippen LogP contribution < -0.4 is 0 Å². The molecule has 1 aliphatic heterocycles. The third-order valence-corrected chi connectivity index (χ3v) is 6.42. The van der Waals surface area contributed by atoms with Crippen molar-refractivity contribution in [1.82, 2.24) is 19.8 Å². The van der Waals surface area contributed by atoms with Gasteiger partial charge in [-0.05, 0) is 41.3 Å². The van der Waals surface area contributed by atoms with Crippen molar-refractivity contribution in [2.45, 2.75) is 5.16 Å². The van der Waals surface area contributed by atoms with Gasteiger partial charge in [-0.3, -0.25) is 9.59 Å². The first kappa shape index (κ1) is 19.7. The number of imidazole rings is 1. The van der Waals surface area contributed by atoms with Crippen LogP contribution in [0, 0.1) is 5.82 Å². The Balaban J connectivity index is 1.26. The first-order valence-corrected chi connectivity index (χ1v) is 11.0. The summed E-state index contributed by atoms with van der Waals surface area (Å²) in [7, 11) is 0. The molecule has 29 heavy (non-hydrogen) atoms. The quantitative estimate of drug-likeness (QED) is 0.631. The zero-order chi connectivity index (χ0) is 20.2. The summed E-state index contributed by atoms with van der Waals surface area (Å²) < 4.78 is 13.0. The summed E-state index contributed by atoms with van der Waals surface area (Å²) in [4.78, 5) is 36.6. The molecule has 3 aromatic rings. The van der Waals surface area contributed by atoms with E-state index in [-0.39, 0.29) is 23.4 Å². The number of benzene rings is 1. The highest BCUT2D eigenvalue weighted by atomic mass is 32.2. The van der Waals surface area contributed by atoms with Crippen LogP contribution in [0.4, 0.5) is 4.39 Å². The van der Waals surface area contributed by atoms with Gasteiger partial charge in [0.15, 0.2) is 5.16 Å². The van der Waals surface area contributed by atoms with E-state index in [1.165, 1.54) is 35.2 Å². The number of H-pyrrole nitrogens is 1. The van der Waals surface area contributed by atoms with E-state index in [9.17, 15) is 14.0 Å². The molecular formula is C20H19FN4O2S2. The van der Waals surface area contributed by atoms with Crippen LogP contribution in [0.5, 0.6) is 0 Å². The van der Waals surface area contributed by atoms with Crippen LogP contribution in [-0.4, -0.2) is 63.5 Å². The number of nitrogens with zero attached hydrogens (tertiary/aromatic N) is 3. The smallest absolute Gasteiger partial charge is 0.264 e. The molecule has 9 heteroatoms. The van der Waals surface area contributed by atoms with Gasteiger partial charge < -0.3 is 14.8 Å². The van der Waals surface area contributed by atoms with E-state index >= 15 is 0 Å². The van der Waals surface area contributed by atoms with E-state index in [1.807, 2.05) is 17.5 Å². The number of hydrogen-bond donors (Lipinski definition) is 1. The summed E-state index contributed by atoms with van der Waals surface area (Å²) in [5.74, 6) is 0.0453. The molecule has 1 fully saturated rings. The first-order chi connectivity index (χ1) is 14.1. The van der Waals surface area contributed by atoms with Gasteiger partial charge in [-0.1, -0.05) is 17.8 Å². The van der Waals surface area contributed by atoms with Gasteiger partial charge in [-0.25, -0.2) is 9.37 Å². The fourth-order valence-corrected chi connectivity index (χ4v) is 4.53. The minimum absolute atomic E-state index is 0.0259. The highest BCUT2D eigenvalue weighted by molar-refractivity contribution is 7.99. The second-order valence-electron chi connectivity index (χ2n) is 6.55. The molecule has 150 valence electrons. The maximum Gasteiger partial charge on any atom is 0.264 e. The number of piperazine rings is 1. The van der Waals surface area contributed by atoms with Gasteiger partial charge in [0.05, 0.1) is 22.5 Å². The zero-order valence-corrected chi connectivity index (χ0v) is 17.1. The Labute approximate surface area is 175 Å². The highest BCUT2D eigenvalue weighted by Gasteiger charge is 2.25. The van der Waals surface area contributed by atoms with Crippen LogP contribution in [0.2, 0.25) is 0 Å². The molecule has 6 nitrogen and oxygen atoms in total. The van der Waals surface area contributed by atoms with Crippen LogP contribution in [0.15, 0.2) is 53.1 Å². The molecular weight excluding hydrogens is 411 g/mol. The Kier molecular flexibility index (Phi) is 5.96. The molecule has 1 saturated heterocycles. The van der Waals surface area contributed by atoms with Crippen molar-refractivity contribution in [1.29, 1.82) is 0 Å². The summed E-state index contributed by atoms with van der Waals surface area (Å²) in [5, 5.41) is 2.53.